The maximum atomic E-state index is 11.8. The molecule has 1 amide bonds. The van der Waals surface area contributed by atoms with Crippen molar-refractivity contribution in [2.24, 2.45) is 5.41 Å². The highest BCUT2D eigenvalue weighted by atomic mass is 32.1. The van der Waals surface area contributed by atoms with E-state index < -0.39 is 0 Å². The lowest BCUT2D eigenvalue weighted by Gasteiger charge is -2.19. The summed E-state index contributed by atoms with van der Waals surface area (Å²) < 4.78 is 0. The fourth-order valence-electron chi connectivity index (χ4n) is 1.49. The van der Waals surface area contributed by atoms with Gasteiger partial charge in [-0.15, -0.1) is 10.2 Å². The van der Waals surface area contributed by atoms with Crippen LogP contribution in [0.1, 0.15) is 13.3 Å². The van der Waals surface area contributed by atoms with Crippen LogP contribution in [0, 0.1) is 5.41 Å². The van der Waals surface area contributed by atoms with Gasteiger partial charge in [-0.05, 0) is 19.9 Å². The maximum Gasteiger partial charge on any atom is 0.233 e. The summed E-state index contributed by atoms with van der Waals surface area (Å²) in [7, 11) is 0. The van der Waals surface area contributed by atoms with E-state index in [9.17, 15) is 4.79 Å². The number of anilines is 1. The van der Waals surface area contributed by atoms with Crippen molar-refractivity contribution in [3.05, 3.63) is 5.51 Å². The Morgan fingerprint density at radius 2 is 2.64 bits per heavy atom. The third-order valence-electron chi connectivity index (χ3n) is 2.50. The average molecular weight is 212 g/mol. The molecule has 1 atom stereocenters. The predicted octanol–water partition coefficient (Wildman–Crippen LogP) is 0.476. The van der Waals surface area contributed by atoms with Gasteiger partial charge in [-0.1, -0.05) is 11.3 Å². The molecule has 0 saturated carbocycles. The Labute approximate surface area is 85.9 Å². The molecule has 6 heteroatoms. The Kier molecular flexibility index (Phi) is 2.47. The summed E-state index contributed by atoms with van der Waals surface area (Å²) in [6.45, 7) is 3.60. The molecule has 1 aliphatic heterocycles. The van der Waals surface area contributed by atoms with Gasteiger partial charge >= 0.3 is 0 Å². The summed E-state index contributed by atoms with van der Waals surface area (Å²) in [5.74, 6) is 0.0271. The fraction of sp³-hybridized carbons (Fsp3) is 0.625. The van der Waals surface area contributed by atoms with Crippen LogP contribution in [-0.2, 0) is 4.79 Å². The van der Waals surface area contributed by atoms with Crippen molar-refractivity contribution in [1.82, 2.24) is 15.5 Å². The number of carbonyl (C=O) groups is 1. The first kappa shape index (κ1) is 9.54. The monoisotopic (exact) mass is 212 g/mol. The first-order valence-corrected chi connectivity index (χ1v) is 5.37. The van der Waals surface area contributed by atoms with Crippen molar-refractivity contribution in [2.45, 2.75) is 13.3 Å². The van der Waals surface area contributed by atoms with Crippen LogP contribution in [0.2, 0.25) is 0 Å². The molecule has 1 aliphatic rings. The maximum absolute atomic E-state index is 11.8. The second-order valence-electron chi connectivity index (χ2n) is 3.69. The van der Waals surface area contributed by atoms with Crippen LogP contribution in [-0.4, -0.2) is 29.2 Å². The number of aromatic nitrogens is 2. The van der Waals surface area contributed by atoms with Gasteiger partial charge in [0.25, 0.3) is 0 Å². The largest absolute Gasteiger partial charge is 0.316 e. The zero-order valence-corrected chi connectivity index (χ0v) is 8.73. The molecule has 2 heterocycles. The van der Waals surface area contributed by atoms with Crippen LogP contribution >= 0.6 is 11.3 Å². The van der Waals surface area contributed by atoms with Crippen LogP contribution < -0.4 is 10.6 Å². The van der Waals surface area contributed by atoms with E-state index in [1.54, 1.807) is 5.51 Å². The lowest BCUT2D eigenvalue weighted by Crippen LogP contribution is -2.35. The number of hydrogen-bond donors (Lipinski definition) is 2. The smallest absolute Gasteiger partial charge is 0.233 e. The molecule has 14 heavy (non-hydrogen) atoms. The Bertz CT molecular complexity index is 318. The Morgan fingerprint density at radius 3 is 3.21 bits per heavy atom. The number of carbonyl (C=O) groups excluding carboxylic acids is 1. The highest BCUT2D eigenvalue weighted by molar-refractivity contribution is 7.13. The molecule has 1 fully saturated rings. The first-order valence-electron chi connectivity index (χ1n) is 4.49. The van der Waals surface area contributed by atoms with Crippen LogP contribution in [0.5, 0.6) is 0 Å². The number of hydrogen-bond acceptors (Lipinski definition) is 5. The van der Waals surface area contributed by atoms with Crippen LogP contribution in [0.25, 0.3) is 0 Å². The standard InChI is InChI=1S/C8H12N4OS/c1-8(2-3-9-4-8)6(13)11-7-12-10-5-14-7/h5,9H,2-4H2,1H3,(H,11,12,13). The number of nitrogens with one attached hydrogen (secondary N) is 2. The zero-order chi connectivity index (χ0) is 10.0. The molecular formula is C8H12N4OS. The third kappa shape index (κ3) is 1.76. The Balaban J connectivity index is 2.02. The molecule has 2 N–H and O–H groups in total. The molecule has 1 saturated heterocycles. The van der Waals surface area contributed by atoms with Gasteiger partial charge in [0, 0.05) is 6.54 Å². The lowest BCUT2D eigenvalue weighted by molar-refractivity contribution is -0.123. The minimum Gasteiger partial charge on any atom is -0.316 e. The minimum atomic E-state index is -0.300. The second-order valence-corrected chi connectivity index (χ2v) is 4.52. The van der Waals surface area contributed by atoms with Crippen molar-refractivity contribution >= 4 is 22.4 Å². The van der Waals surface area contributed by atoms with Gasteiger partial charge in [-0.3, -0.25) is 4.79 Å². The van der Waals surface area contributed by atoms with E-state index in [1.165, 1.54) is 11.3 Å². The van der Waals surface area contributed by atoms with Crippen molar-refractivity contribution in [3.63, 3.8) is 0 Å². The number of nitrogens with zero attached hydrogens (tertiary/aromatic N) is 2. The van der Waals surface area contributed by atoms with Crippen molar-refractivity contribution < 1.29 is 4.79 Å². The lowest BCUT2D eigenvalue weighted by atomic mass is 9.89. The van der Waals surface area contributed by atoms with Crippen molar-refractivity contribution in [2.75, 3.05) is 18.4 Å². The number of rotatable bonds is 2. The summed E-state index contributed by atoms with van der Waals surface area (Å²) >= 11 is 1.33. The molecule has 0 spiro atoms. The van der Waals surface area contributed by atoms with Gasteiger partial charge in [-0.25, -0.2) is 0 Å². The summed E-state index contributed by atoms with van der Waals surface area (Å²) in [5.41, 5.74) is 1.30. The van der Waals surface area contributed by atoms with Gasteiger partial charge in [0.1, 0.15) is 5.51 Å². The summed E-state index contributed by atoms with van der Waals surface area (Å²) in [4.78, 5) is 11.8. The van der Waals surface area contributed by atoms with E-state index in [4.69, 9.17) is 0 Å². The molecule has 76 valence electrons. The first-order chi connectivity index (χ1) is 6.71. The second kappa shape index (κ2) is 3.62. The van der Waals surface area contributed by atoms with E-state index >= 15 is 0 Å². The molecule has 1 aromatic heterocycles. The molecule has 1 unspecified atom stereocenters. The van der Waals surface area contributed by atoms with E-state index in [1.807, 2.05) is 6.92 Å². The fourth-order valence-corrected chi connectivity index (χ4v) is 1.93. The summed E-state index contributed by atoms with van der Waals surface area (Å²) in [6, 6.07) is 0. The van der Waals surface area contributed by atoms with Crippen molar-refractivity contribution in [3.8, 4) is 0 Å². The molecule has 0 aromatic carbocycles. The van der Waals surface area contributed by atoms with Crippen LogP contribution in [0.4, 0.5) is 5.13 Å². The Hall–Kier alpha value is -1.01. The number of amides is 1. The Morgan fingerprint density at radius 1 is 1.79 bits per heavy atom. The van der Waals surface area contributed by atoms with Crippen LogP contribution in [0.15, 0.2) is 5.51 Å². The van der Waals surface area contributed by atoms with E-state index in [2.05, 4.69) is 20.8 Å². The van der Waals surface area contributed by atoms with Crippen LogP contribution in [0.3, 0.4) is 0 Å². The zero-order valence-electron chi connectivity index (χ0n) is 7.91. The molecular weight excluding hydrogens is 200 g/mol. The summed E-state index contributed by atoms with van der Waals surface area (Å²) in [5, 5.41) is 14.0. The molecule has 1 aromatic rings. The topological polar surface area (TPSA) is 66.9 Å². The van der Waals surface area contributed by atoms with Gasteiger partial charge in [0.15, 0.2) is 0 Å². The quantitative estimate of drug-likeness (QED) is 0.748. The summed E-state index contributed by atoms with van der Waals surface area (Å²) in [6.07, 6.45) is 0.873. The predicted molar refractivity (Wildman–Crippen MR) is 54.1 cm³/mol. The van der Waals surface area contributed by atoms with Gasteiger partial charge in [0.05, 0.1) is 5.41 Å². The van der Waals surface area contributed by atoms with E-state index in [-0.39, 0.29) is 11.3 Å². The molecule has 5 nitrogen and oxygen atoms in total. The van der Waals surface area contributed by atoms with E-state index in [0.717, 1.165) is 19.5 Å². The van der Waals surface area contributed by atoms with Crippen molar-refractivity contribution in [1.29, 1.82) is 0 Å². The molecule has 2 rings (SSSR count). The highest BCUT2D eigenvalue weighted by Gasteiger charge is 2.36. The normalized spacial score (nSPS) is 26.4. The molecule has 0 aliphatic carbocycles. The molecule has 0 bridgehead atoms. The third-order valence-corrected chi connectivity index (χ3v) is 3.10. The van der Waals surface area contributed by atoms with Gasteiger partial charge < -0.3 is 10.6 Å². The van der Waals surface area contributed by atoms with E-state index in [0.29, 0.717) is 5.13 Å². The van der Waals surface area contributed by atoms with Gasteiger partial charge in [-0.2, -0.15) is 0 Å². The highest BCUT2D eigenvalue weighted by Crippen LogP contribution is 2.26. The van der Waals surface area contributed by atoms with Gasteiger partial charge in [0.2, 0.25) is 11.0 Å². The minimum absolute atomic E-state index is 0.0271. The molecule has 0 radical (unpaired) electrons. The SMILES string of the molecule is CC1(C(=O)Nc2nncs2)CCNC1. The average Bonchev–Trinajstić information content (AvgIpc) is 2.76.